The number of likely N-dealkylation sites (tertiary alicyclic amines) is 2. The summed E-state index contributed by atoms with van der Waals surface area (Å²) in [6.45, 7) is 6.35. The van der Waals surface area contributed by atoms with Gasteiger partial charge in [0.25, 0.3) is 0 Å². The minimum absolute atomic E-state index is 0.0239. The third kappa shape index (κ3) is 4.16. The van der Waals surface area contributed by atoms with Crippen LogP contribution in [0.15, 0.2) is 0 Å². The Hall–Kier alpha value is -1.71. The number of amides is 3. The van der Waals surface area contributed by atoms with E-state index >= 15 is 0 Å². The third-order valence-corrected chi connectivity index (χ3v) is 5.06. The van der Waals surface area contributed by atoms with Gasteiger partial charge in [0.15, 0.2) is 0 Å². The zero-order valence-corrected chi connectivity index (χ0v) is 15.7. The molecular weight excluding hydrogens is 340 g/mol. The van der Waals surface area contributed by atoms with Crippen molar-refractivity contribution in [3.05, 3.63) is 0 Å². The van der Waals surface area contributed by atoms with Crippen molar-refractivity contribution in [3.63, 3.8) is 0 Å². The average molecular weight is 370 g/mol. The summed E-state index contributed by atoms with van der Waals surface area (Å²) in [6.07, 6.45) is 0.661. The first-order valence-electron chi connectivity index (χ1n) is 8.99. The van der Waals surface area contributed by atoms with Crippen LogP contribution in [-0.2, 0) is 19.1 Å². The minimum Gasteiger partial charge on any atom is -0.370 e. The van der Waals surface area contributed by atoms with Crippen LogP contribution in [0.1, 0.15) is 52.9 Å². The lowest BCUT2D eigenvalue weighted by Gasteiger charge is -2.39. The Labute approximate surface area is 153 Å². The van der Waals surface area contributed by atoms with Crippen molar-refractivity contribution in [2.75, 3.05) is 13.1 Å². The van der Waals surface area contributed by atoms with Crippen LogP contribution >= 0.6 is 0 Å². The molecule has 0 aromatic heterocycles. The molecule has 5 N–H and O–H groups in total. The van der Waals surface area contributed by atoms with E-state index < -0.39 is 35.4 Å². The smallest absolute Gasteiger partial charge is 0.244 e. The molecule has 2 heterocycles. The number of rotatable bonds is 7. The molecular formula is C17H30N4O5. The van der Waals surface area contributed by atoms with Gasteiger partial charge >= 0.3 is 0 Å². The van der Waals surface area contributed by atoms with E-state index in [4.69, 9.17) is 16.2 Å². The van der Waals surface area contributed by atoms with E-state index in [1.807, 2.05) is 20.8 Å². The molecule has 2 aliphatic rings. The van der Waals surface area contributed by atoms with Crippen LogP contribution in [-0.4, -0.2) is 69.3 Å². The number of carbonyl (C=O) groups is 3. The van der Waals surface area contributed by atoms with Crippen LogP contribution in [0.4, 0.5) is 0 Å². The molecule has 3 atom stereocenters. The van der Waals surface area contributed by atoms with Gasteiger partial charge in [0.05, 0.1) is 5.60 Å². The molecule has 2 saturated heterocycles. The third-order valence-electron chi connectivity index (χ3n) is 5.06. The van der Waals surface area contributed by atoms with E-state index in [-0.39, 0.29) is 18.7 Å². The minimum atomic E-state index is -1.21. The van der Waals surface area contributed by atoms with E-state index in [1.54, 1.807) is 4.90 Å². The number of primary amides is 2. The van der Waals surface area contributed by atoms with Gasteiger partial charge in [0.2, 0.25) is 24.1 Å². The van der Waals surface area contributed by atoms with E-state index in [9.17, 15) is 19.5 Å². The molecule has 148 valence electrons. The lowest BCUT2D eigenvalue weighted by Crippen LogP contribution is -2.58. The van der Waals surface area contributed by atoms with E-state index in [0.29, 0.717) is 25.9 Å². The monoisotopic (exact) mass is 370 g/mol. The molecule has 0 aromatic carbocycles. The number of aliphatic hydroxyl groups excluding tert-OH is 1. The second-order valence-electron chi connectivity index (χ2n) is 8.06. The Kier molecular flexibility index (Phi) is 5.94. The normalized spacial score (nSPS) is 26.5. The quantitative estimate of drug-likeness (QED) is 0.505. The van der Waals surface area contributed by atoms with Gasteiger partial charge in [0, 0.05) is 19.5 Å². The number of nitrogens with two attached hydrogens (primary N) is 2. The first kappa shape index (κ1) is 20.6. The summed E-state index contributed by atoms with van der Waals surface area (Å²) in [5.74, 6) is -1.46. The summed E-state index contributed by atoms with van der Waals surface area (Å²) in [6, 6.07) is -0.877. The summed E-state index contributed by atoms with van der Waals surface area (Å²) in [4.78, 5) is 39.2. The van der Waals surface area contributed by atoms with Crippen molar-refractivity contribution in [3.8, 4) is 0 Å². The van der Waals surface area contributed by atoms with Gasteiger partial charge in [-0.05, 0) is 46.5 Å². The second kappa shape index (κ2) is 7.50. The Balaban J connectivity index is 2.19. The van der Waals surface area contributed by atoms with Crippen LogP contribution in [0.5, 0.6) is 0 Å². The Bertz CT molecular complexity index is 576. The number of carbonyl (C=O) groups excluding carboxylic acids is 3. The van der Waals surface area contributed by atoms with Gasteiger partial charge in [-0.2, -0.15) is 0 Å². The van der Waals surface area contributed by atoms with Gasteiger partial charge in [-0.1, -0.05) is 0 Å². The highest BCUT2D eigenvalue weighted by Crippen LogP contribution is 2.41. The number of ether oxygens (including phenoxy) is 1. The second-order valence-corrected chi connectivity index (χ2v) is 8.06. The Morgan fingerprint density at radius 1 is 1.27 bits per heavy atom. The molecule has 1 spiro atoms. The molecule has 0 saturated carbocycles. The molecule has 2 unspecified atom stereocenters. The molecule has 0 radical (unpaired) electrons. The van der Waals surface area contributed by atoms with Gasteiger partial charge < -0.3 is 26.2 Å². The molecule has 2 rings (SSSR count). The number of hydrogen-bond donors (Lipinski definition) is 3. The maximum absolute atomic E-state index is 13.2. The number of aliphatic hydroxyl groups is 1. The molecule has 3 amide bonds. The SMILES string of the molecule is CC(C)(C)OC(O)N1CCCC12CCN([C@@H](CCC(N)=O)C(N)=O)C2=O. The lowest BCUT2D eigenvalue weighted by atomic mass is 9.94. The summed E-state index contributed by atoms with van der Waals surface area (Å²) >= 11 is 0. The predicted molar refractivity (Wildman–Crippen MR) is 93.3 cm³/mol. The van der Waals surface area contributed by atoms with Crippen LogP contribution in [0.25, 0.3) is 0 Å². The summed E-state index contributed by atoms with van der Waals surface area (Å²) in [5, 5.41) is 10.5. The van der Waals surface area contributed by atoms with Crippen molar-refractivity contribution in [2.24, 2.45) is 11.5 Å². The van der Waals surface area contributed by atoms with E-state index in [0.717, 1.165) is 6.42 Å². The van der Waals surface area contributed by atoms with E-state index in [2.05, 4.69) is 0 Å². The highest BCUT2D eigenvalue weighted by atomic mass is 16.6. The molecule has 9 nitrogen and oxygen atoms in total. The zero-order valence-electron chi connectivity index (χ0n) is 15.7. The van der Waals surface area contributed by atoms with E-state index in [1.165, 1.54) is 4.90 Å². The van der Waals surface area contributed by atoms with Crippen LogP contribution < -0.4 is 11.5 Å². The van der Waals surface area contributed by atoms with Gasteiger partial charge in [-0.3, -0.25) is 14.4 Å². The highest BCUT2D eigenvalue weighted by Gasteiger charge is 2.57. The maximum Gasteiger partial charge on any atom is 0.244 e. The van der Waals surface area contributed by atoms with Gasteiger partial charge in [-0.15, -0.1) is 0 Å². The van der Waals surface area contributed by atoms with Crippen molar-refractivity contribution in [1.29, 1.82) is 0 Å². The van der Waals surface area contributed by atoms with Crippen molar-refractivity contribution >= 4 is 17.7 Å². The highest BCUT2D eigenvalue weighted by molar-refractivity contribution is 5.93. The number of hydrogen-bond acceptors (Lipinski definition) is 6. The van der Waals surface area contributed by atoms with Crippen molar-refractivity contribution < 1.29 is 24.2 Å². The lowest BCUT2D eigenvalue weighted by molar-refractivity contribution is -0.252. The standard InChI is InChI=1S/C17H30N4O5/c1-16(2,3)26-15(25)21-9-4-7-17(21)8-10-20(14(17)24)11(13(19)23)5-6-12(18)22/h11,15,25H,4-10H2,1-3H3,(H2,18,22)(H2,19,23)/t11-,15?,17?/m0/s1. The fourth-order valence-electron chi connectivity index (χ4n) is 3.91. The fraction of sp³-hybridized carbons (Fsp3) is 0.824. The van der Waals surface area contributed by atoms with Gasteiger partial charge in [0.1, 0.15) is 11.6 Å². The Morgan fingerprint density at radius 2 is 1.92 bits per heavy atom. The average Bonchev–Trinajstić information content (AvgIpc) is 3.05. The molecule has 26 heavy (non-hydrogen) atoms. The molecule has 9 heteroatoms. The molecule has 0 aliphatic carbocycles. The molecule has 2 aliphatic heterocycles. The Morgan fingerprint density at radius 3 is 2.46 bits per heavy atom. The van der Waals surface area contributed by atoms with Gasteiger partial charge in [-0.25, -0.2) is 4.90 Å². The zero-order chi connectivity index (χ0) is 19.7. The van der Waals surface area contributed by atoms with Crippen LogP contribution in [0.3, 0.4) is 0 Å². The summed E-state index contributed by atoms with van der Waals surface area (Å²) in [5.41, 5.74) is 9.15. The van der Waals surface area contributed by atoms with Crippen molar-refractivity contribution in [2.45, 2.75) is 76.5 Å². The molecule has 0 bridgehead atoms. The summed E-state index contributed by atoms with van der Waals surface area (Å²) in [7, 11) is 0. The maximum atomic E-state index is 13.2. The topological polar surface area (TPSA) is 139 Å². The largest absolute Gasteiger partial charge is 0.370 e. The molecule has 0 aromatic rings. The fourth-order valence-corrected chi connectivity index (χ4v) is 3.91. The van der Waals surface area contributed by atoms with Crippen LogP contribution in [0.2, 0.25) is 0 Å². The van der Waals surface area contributed by atoms with Crippen LogP contribution in [0, 0.1) is 0 Å². The summed E-state index contributed by atoms with van der Waals surface area (Å²) < 4.78 is 5.64. The van der Waals surface area contributed by atoms with Crippen molar-refractivity contribution in [1.82, 2.24) is 9.80 Å². The predicted octanol–water partition coefficient (Wildman–Crippen LogP) is -0.736. The number of nitrogens with zero attached hydrogens (tertiary/aromatic N) is 2. The first-order chi connectivity index (χ1) is 12.0. The first-order valence-corrected chi connectivity index (χ1v) is 8.99. The molecule has 2 fully saturated rings.